The second-order valence-corrected chi connectivity index (χ2v) is 6.24. The fourth-order valence-electron chi connectivity index (χ4n) is 3.09. The molecule has 0 aliphatic carbocycles. The number of halogens is 1. The highest BCUT2D eigenvalue weighted by molar-refractivity contribution is 6.30. The van der Waals surface area contributed by atoms with Crippen molar-refractivity contribution in [3.63, 3.8) is 0 Å². The first kappa shape index (κ1) is 16.2. The first-order valence-corrected chi connectivity index (χ1v) is 8.15. The normalized spacial score (nSPS) is 25.7. The summed E-state index contributed by atoms with van der Waals surface area (Å²) in [6.07, 6.45) is 0.470. The van der Waals surface area contributed by atoms with E-state index in [2.05, 4.69) is 5.32 Å². The summed E-state index contributed by atoms with van der Waals surface area (Å²) in [6.45, 7) is 4.85. The van der Waals surface area contributed by atoms with E-state index in [9.17, 15) is 9.59 Å². The average molecular weight is 338 g/mol. The molecule has 0 unspecified atom stereocenters. The number of morpholine rings is 1. The van der Waals surface area contributed by atoms with E-state index >= 15 is 0 Å². The van der Waals surface area contributed by atoms with E-state index in [0.29, 0.717) is 37.7 Å². The summed E-state index contributed by atoms with van der Waals surface area (Å²) in [6, 6.07) is 6.75. The van der Waals surface area contributed by atoms with Crippen molar-refractivity contribution in [3.05, 3.63) is 34.9 Å². The van der Waals surface area contributed by atoms with Crippen LogP contribution in [0.25, 0.3) is 0 Å². The van der Waals surface area contributed by atoms with Gasteiger partial charge in [-0.15, -0.1) is 0 Å². The topological polar surface area (TPSA) is 61.9 Å². The number of urea groups is 1. The summed E-state index contributed by atoms with van der Waals surface area (Å²) in [7, 11) is 0. The van der Waals surface area contributed by atoms with Crippen LogP contribution >= 0.6 is 11.6 Å². The molecule has 2 heterocycles. The molecule has 1 aromatic carbocycles. The van der Waals surface area contributed by atoms with Crippen molar-refractivity contribution in [1.29, 1.82) is 0 Å². The molecule has 124 valence electrons. The Bertz CT molecular complexity index is 618. The van der Waals surface area contributed by atoms with E-state index in [-0.39, 0.29) is 18.6 Å². The van der Waals surface area contributed by atoms with Gasteiger partial charge in [-0.2, -0.15) is 0 Å². The van der Waals surface area contributed by atoms with Gasteiger partial charge < -0.3 is 10.1 Å². The molecule has 2 saturated heterocycles. The van der Waals surface area contributed by atoms with Gasteiger partial charge in [0, 0.05) is 18.1 Å². The highest BCUT2D eigenvalue weighted by atomic mass is 35.5. The van der Waals surface area contributed by atoms with Crippen LogP contribution < -0.4 is 5.32 Å². The largest absolute Gasteiger partial charge is 0.379 e. The van der Waals surface area contributed by atoms with Gasteiger partial charge in [0.05, 0.1) is 19.9 Å². The molecule has 0 saturated carbocycles. The smallest absolute Gasteiger partial charge is 0.326 e. The minimum Gasteiger partial charge on any atom is -0.379 e. The summed E-state index contributed by atoms with van der Waals surface area (Å²) < 4.78 is 5.30. The number of benzene rings is 1. The lowest BCUT2D eigenvalue weighted by Gasteiger charge is -2.30. The highest BCUT2D eigenvalue weighted by Gasteiger charge is 2.51. The van der Waals surface area contributed by atoms with E-state index in [4.69, 9.17) is 16.3 Å². The number of hydrogen-bond donors (Lipinski definition) is 1. The minimum atomic E-state index is -1.03. The van der Waals surface area contributed by atoms with Crippen molar-refractivity contribution >= 4 is 23.5 Å². The zero-order valence-electron chi connectivity index (χ0n) is 13.0. The Labute approximate surface area is 140 Å². The van der Waals surface area contributed by atoms with Crippen molar-refractivity contribution in [1.82, 2.24) is 15.1 Å². The maximum atomic E-state index is 13.0. The van der Waals surface area contributed by atoms with Crippen LogP contribution in [0.1, 0.15) is 18.9 Å². The molecular weight excluding hydrogens is 318 g/mol. The number of nitrogens with one attached hydrogen (secondary N) is 1. The van der Waals surface area contributed by atoms with Gasteiger partial charge in [-0.05, 0) is 24.1 Å². The third-order valence-corrected chi connectivity index (χ3v) is 4.70. The molecule has 0 aromatic heterocycles. The highest BCUT2D eigenvalue weighted by Crippen LogP contribution is 2.33. The number of ether oxygens (including phenoxy) is 1. The third kappa shape index (κ3) is 2.94. The monoisotopic (exact) mass is 337 g/mol. The summed E-state index contributed by atoms with van der Waals surface area (Å²) >= 11 is 6.06. The van der Waals surface area contributed by atoms with Gasteiger partial charge in [-0.1, -0.05) is 30.7 Å². The maximum absolute atomic E-state index is 13.0. The average Bonchev–Trinajstić information content (AvgIpc) is 2.81. The van der Waals surface area contributed by atoms with Crippen LogP contribution in [0.3, 0.4) is 0 Å². The number of hydrogen-bond acceptors (Lipinski definition) is 4. The summed E-state index contributed by atoms with van der Waals surface area (Å²) in [5, 5.41) is 3.42. The Morgan fingerprint density at radius 3 is 2.70 bits per heavy atom. The Hall–Kier alpha value is -1.63. The van der Waals surface area contributed by atoms with Crippen molar-refractivity contribution in [3.8, 4) is 0 Å². The molecule has 2 fully saturated rings. The van der Waals surface area contributed by atoms with Gasteiger partial charge in [0.15, 0.2) is 0 Å². The zero-order chi connectivity index (χ0) is 16.4. The molecule has 6 nitrogen and oxygen atoms in total. The third-order valence-electron chi connectivity index (χ3n) is 4.47. The lowest BCUT2D eigenvalue weighted by Crippen LogP contribution is -2.47. The Morgan fingerprint density at radius 1 is 1.30 bits per heavy atom. The first-order valence-electron chi connectivity index (χ1n) is 7.77. The van der Waals surface area contributed by atoms with Gasteiger partial charge in [0.2, 0.25) is 0 Å². The molecule has 2 aliphatic heterocycles. The van der Waals surface area contributed by atoms with Gasteiger partial charge in [0.25, 0.3) is 5.91 Å². The molecule has 0 spiro atoms. The van der Waals surface area contributed by atoms with E-state index in [1.807, 2.05) is 17.9 Å². The van der Waals surface area contributed by atoms with Crippen LogP contribution in [0, 0.1) is 0 Å². The van der Waals surface area contributed by atoms with Crippen LogP contribution in [0.4, 0.5) is 4.79 Å². The quantitative estimate of drug-likeness (QED) is 0.851. The lowest BCUT2D eigenvalue weighted by atomic mass is 9.87. The molecule has 0 radical (unpaired) electrons. The molecule has 1 N–H and O–H groups in total. The van der Waals surface area contributed by atoms with Crippen LogP contribution in [0.15, 0.2) is 24.3 Å². The number of rotatable bonds is 4. The summed E-state index contributed by atoms with van der Waals surface area (Å²) in [5.41, 5.74) is -0.316. The Kier molecular flexibility index (Phi) is 4.57. The van der Waals surface area contributed by atoms with Gasteiger partial charge >= 0.3 is 6.03 Å². The first-order chi connectivity index (χ1) is 11.1. The molecule has 1 aromatic rings. The van der Waals surface area contributed by atoms with Crippen LogP contribution in [-0.4, -0.2) is 54.7 Å². The van der Waals surface area contributed by atoms with Crippen molar-refractivity contribution in [2.75, 3.05) is 33.0 Å². The second kappa shape index (κ2) is 6.47. The maximum Gasteiger partial charge on any atom is 0.326 e. The van der Waals surface area contributed by atoms with E-state index in [1.54, 1.807) is 18.2 Å². The lowest BCUT2D eigenvalue weighted by molar-refractivity contribution is -0.133. The number of imide groups is 1. The van der Waals surface area contributed by atoms with Crippen LogP contribution in [0.2, 0.25) is 5.02 Å². The van der Waals surface area contributed by atoms with Gasteiger partial charge in [-0.3, -0.25) is 9.69 Å². The molecule has 23 heavy (non-hydrogen) atoms. The fourth-order valence-corrected chi connectivity index (χ4v) is 3.28. The van der Waals surface area contributed by atoms with E-state index in [1.165, 1.54) is 4.90 Å². The standard InChI is InChI=1S/C16H20ClN3O3/c1-2-16(12-4-3-5-13(17)10-12)14(21)20(15(22)18-16)11-19-6-8-23-9-7-19/h3-5,10H,2,6-9,11H2,1H3,(H,18,22)/t16-/m0/s1. The molecule has 0 bridgehead atoms. The molecule has 3 rings (SSSR count). The number of amides is 3. The molecule has 7 heteroatoms. The Morgan fingerprint density at radius 2 is 2.04 bits per heavy atom. The predicted octanol–water partition coefficient (Wildman–Crippen LogP) is 1.79. The predicted molar refractivity (Wildman–Crippen MR) is 86.1 cm³/mol. The SMILES string of the molecule is CC[C@@]1(c2cccc(Cl)c2)NC(=O)N(CN2CCOCC2)C1=O. The molecule has 3 amide bonds. The number of nitrogens with zero attached hydrogens (tertiary/aromatic N) is 2. The minimum absolute atomic E-state index is 0.223. The van der Waals surface area contributed by atoms with Crippen molar-refractivity contribution < 1.29 is 14.3 Å². The fraction of sp³-hybridized carbons (Fsp3) is 0.500. The van der Waals surface area contributed by atoms with E-state index in [0.717, 1.165) is 5.56 Å². The van der Waals surface area contributed by atoms with Crippen LogP contribution in [0.5, 0.6) is 0 Å². The van der Waals surface area contributed by atoms with Gasteiger partial charge in [-0.25, -0.2) is 9.69 Å². The van der Waals surface area contributed by atoms with Crippen molar-refractivity contribution in [2.45, 2.75) is 18.9 Å². The Balaban J connectivity index is 1.85. The zero-order valence-corrected chi connectivity index (χ0v) is 13.8. The van der Waals surface area contributed by atoms with E-state index < -0.39 is 5.54 Å². The summed E-state index contributed by atoms with van der Waals surface area (Å²) in [5.74, 6) is -0.223. The second-order valence-electron chi connectivity index (χ2n) is 5.80. The van der Waals surface area contributed by atoms with Crippen LogP contribution in [-0.2, 0) is 15.1 Å². The molecular formula is C16H20ClN3O3. The number of carbonyl (C=O) groups is 2. The molecule has 1 atom stereocenters. The van der Waals surface area contributed by atoms with Gasteiger partial charge in [0.1, 0.15) is 5.54 Å². The number of carbonyl (C=O) groups excluding carboxylic acids is 2. The summed E-state index contributed by atoms with van der Waals surface area (Å²) in [4.78, 5) is 28.7. The molecule has 2 aliphatic rings. The van der Waals surface area contributed by atoms with Crippen molar-refractivity contribution in [2.24, 2.45) is 0 Å².